The molecule has 0 saturated carbocycles. The van der Waals surface area contributed by atoms with Crippen LogP contribution in [0.25, 0.3) is 0 Å². The van der Waals surface area contributed by atoms with Gasteiger partial charge >= 0.3 is 275 Å². The summed E-state index contributed by atoms with van der Waals surface area (Å²) in [6, 6.07) is 35.8. The Labute approximate surface area is 273 Å². The predicted molar refractivity (Wildman–Crippen MR) is 196 cm³/mol. The van der Waals surface area contributed by atoms with Gasteiger partial charge in [-0.1, -0.05) is 0 Å². The Bertz CT molecular complexity index is 1250. The molecule has 0 fully saturated rings. The molecule has 0 N–H and O–H groups in total. The SMILES string of the molecule is Cc1ccc(C(CCCOB(OCCCC(c2ccc(C)cc2)c2ccc(C)cc2)OP(C)(C)(C)C)c2ccc(C)cc2)cc1. The molecule has 0 aromatic heterocycles. The topological polar surface area (TPSA) is 27.7 Å². The average Bonchev–Trinajstić information content (AvgIpc) is 2.98. The van der Waals surface area contributed by atoms with Crippen LogP contribution in [0.5, 0.6) is 0 Å². The quantitative estimate of drug-likeness (QED) is 0.0705. The molecule has 240 valence electrons. The number of rotatable bonds is 16. The van der Waals surface area contributed by atoms with E-state index < -0.39 is 14.2 Å². The minimum atomic E-state index is -2.34. The van der Waals surface area contributed by atoms with Crippen LogP contribution in [0.2, 0.25) is 0 Å². The summed E-state index contributed by atoms with van der Waals surface area (Å²) in [7, 11) is -0.665. The van der Waals surface area contributed by atoms with Crippen molar-refractivity contribution in [3.63, 3.8) is 0 Å². The van der Waals surface area contributed by atoms with Gasteiger partial charge in [0.15, 0.2) is 0 Å². The molecule has 4 rings (SSSR count). The summed E-state index contributed by atoms with van der Waals surface area (Å²) in [4.78, 5) is 0. The zero-order valence-corrected chi connectivity index (χ0v) is 29.8. The molecule has 4 aromatic rings. The second-order valence-corrected chi connectivity index (χ2v) is 21.6. The molecule has 0 aliphatic carbocycles. The van der Waals surface area contributed by atoms with Crippen LogP contribution in [0.1, 0.15) is 82.0 Å². The Morgan fingerprint density at radius 2 is 0.733 bits per heavy atom. The van der Waals surface area contributed by atoms with Crippen LogP contribution in [0.3, 0.4) is 0 Å². The van der Waals surface area contributed by atoms with Crippen molar-refractivity contribution in [2.45, 2.75) is 65.2 Å². The van der Waals surface area contributed by atoms with Crippen LogP contribution in [0.15, 0.2) is 97.1 Å². The van der Waals surface area contributed by atoms with Crippen LogP contribution in [-0.4, -0.2) is 47.2 Å². The monoisotopic (exact) mass is 624 g/mol. The van der Waals surface area contributed by atoms with Gasteiger partial charge in [-0.3, -0.25) is 0 Å². The van der Waals surface area contributed by atoms with Gasteiger partial charge in [0, 0.05) is 0 Å². The summed E-state index contributed by atoms with van der Waals surface area (Å²) in [6.45, 7) is 16.2. The Morgan fingerprint density at radius 3 is 0.978 bits per heavy atom. The van der Waals surface area contributed by atoms with Gasteiger partial charge in [-0.15, -0.1) is 0 Å². The molecule has 0 aliphatic rings. The fraction of sp³-hybridized carbons (Fsp3) is 0.400. The van der Waals surface area contributed by atoms with Crippen LogP contribution >= 0.6 is 6.83 Å². The van der Waals surface area contributed by atoms with Crippen LogP contribution in [0.4, 0.5) is 0 Å². The van der Waals surface area contributed by atoms with E-state index in [1.165, 1.54) is 44.5 Å². The standard InChI is InChI=1S/C40H54BO3P/c1-31-13-21-35(22-14-31)39(36-23-15-32(2)16-24-36)11-9-29-42-41(44-45(5,6,7)8)43-30-10-12-40(37-25-17-33(3)18-26-37)38-27-19-34(4)20-28-38/h13-28,39-40H,9-12,29-30H2,1-8H3. The van der Waals surface area contributed by atoms with Crippen molar-refractivity contribution in [3.8, 4) is 0 Å². The normalized spacial score (nSPS) is 12.8. The van der Waals surface area contributed by atoms with E-state index in [9.17, 15) is 0 Å². The summed E-state index contributed by atoms with van der Waals surface area (Å²) in [5.41, 5.74) is 10.5. The Hall–Kier alpha value is -2.75. The van der Waals surface area contributed by atoms with E-state index in [1.54, 1.807) is 0 Å². The molecule has 0 spiro atoms. The average molecular weight is 625 g/mol. The van der Waals surface area contributed by atoms with Gasteiger partial charge in [-0.25, -0.2) is 0 Å². The maximum absolute atomic E-state index is 6.52. The van der Waals surface area contributed by atoms with Gasteiger partial charge in [0.2, 0.25) is 0 Å². The third-order valence-corrected chi connectivity index (χ3v) is 9.22. The van der Waals surface area contributed by atoms with Crippen LogP contribution in [-0.2, 0) is 13.7 Å². The third-order valence-electron chi connectivity index (χ3n) is 8.21. The molecule has 0 bridgehead atoms. The molecular formula is C40H54BO3P. The Kier molecular flexibility index (Phi) is 12.3. The van der Waals surface area contributed by atoms with E-state index in [2.05, 4.69) is 151 Å². The van der Waals surface area contributed by atoms with Crippen molar-refractivity contribution in [2.24, 2.45) is 0 Å². The molecule has 4 aromatic carbocycles. The van der Waals surface area contributed by atoms with Crippen molar-refractivity contribution in [3.05, 3.63) is 142 Å². The van der Waals surface area contributed by atoms with E-state index in [4.69, 9.17) is 13.7 Å². The fourth-order valence-corrected chi connectivity index (χ4v) is 6.44. The first-order chi connectivity index (χ1) is 21.3. The zero-order valence-electron chi connectivity index (χ0n) is 28.9. The molecule has 5 heteroatoms. The molecule has 0 saturated heterocycles. The first-order valence-electron chi connectivity index (χ1n) is 16.5. The van der Waals surface area contributed by atoms with Gasteiger partial charge < -0.3 is 0 Å². The number of aryl methyl sites for hydroxylation is 4. The van der Waals surface area contributed by atoms with Gasteiger partial charge in [-0.05, 0) is 0 Å². The van der Waals surface area contributed by atoms with E-state index >= 15 is 0 Å². The van der Waals surface area contributed by atoms with Gasteiger partial charge in [0.25, 0.3) is 0 Å². The second kappa shape index (κ2) is 15.7. The Morgan fingerprint density at radius 1 is 0.467 bits per heavy atom. The molecule has 45 heavy (non-hydrogen) atoms. The van der Waals surface area contributed by atoms with Crippen molar-refractivity contribution in [2.75, 3.05) is 39.9 Å². The maximum atomic E-state index is 6.52. The molecular weight excluding hydrogens is 570 g/mol. The molecule has 0 amide bonds. The summed E-state index contributed by atoms with van der Waals surface area (Å²) >= 11 is 0. The van der Waals surface area contributed by atoms with Crippen LogP contribution in [0, 0.1) is 27.7 Å². The molecule has 0 radical (unpaired) electrons. The van der Waals surface area contributed by atoms with Crippen LogP contribution < -0.4 is 0 Å². The zero-order chi connectivity index (χ0) is 32.5. The first-order valence-corrected chi connectivity index (χ1v) is 20.5. The first kappa shape index (κ1) is 35.1. The van der Waals surface area contributed by atoms with Gasteiger partial charge in [0.05, 0.1) is 0 Å². The minimum absolute atomic E-state index is 0.324. The molecule has 0 aliphatic heterocycles. The number of hydrogen-bond donors (Lipinski definition) is 0. The van der Waals surface area contributed by atoms with E-state index in [0.29, 0.717) is 25.0 Å². The molecule has 3 nitrogen and oxygen atoms in total. The van der Waals surface area contributed by atoms with Crippen molar-refractivity contribution >= 4 is 14.2 Å². The van der Waals surface area contributed by atoms with Crippen molar-refractivity contribution in [1.29, 1.82) is 0 Å². The number of hydrogen-bond acceptors (Lipinski definition) is 3. The number of benzene rings is 4. The van der Waals surface area contributed by atoms with E-state index in [-0.39, 0.29) is 0 Å². The van der Waals surface area contributed by atoms with Gasteiger partial charge in [-0.2, -0.15) is 0 Å². The summed E-state index contributed by atoms with van der Waals surface area (Å²) in [6.07, 6.45) is 3.81. The van der Waals surface area contributed by atoms with Gasteiger partial charge in [0.1, 0.15) is 0 Å². The molecule has 0 unspecified atom stereocenters. The third kappa shape index (κ3) is 11.8. The van der Waals surface area contributed by atoms with E-state index in [1.807, 2.05) is 0 Å². The second-order valence-electron chi connectivity index (χ2n) is 14.6. The molecule has 0 atom stereocenters. The summed E-state index contributed by atoms with van der Waals surface area (Å²) in [5, 5.41) is 0. The van der Waals surface area contributed by atoms with Crippen molar-refractivity contribution < 1.29 is 13.7 Å². The fourth-order valence-electron chi connectivity index (χ4n) is 5.63. The van der Waals surface area contributed by atoms with E-state index in [0.717, 1.165) is 25.7 Å². The Balaban J connectivity index is 1.37. The van der Waals surface area contributed by atoms with Crippen molar-refractivity contribution in [1.82, 2.24) is 0 Å². The summed E-state index contributed by atoms with van der Waals surface area (Å²) < 4.78 is 19.2. The summed E-state index contributed by atoms with van der Waals surface area (Å²) in [5.74, 6) is 0.647. The predicted octanol–water partition coefficient (Wildman–Crippen LogP) is 10.5. The molecule has 0 heterocycles.